The summed E-state index contributed by atoms with van der Waals surface area (Å²) >= 11 is 0. The normalized spacial score (nSPS) is 15.1. The Balaban J connectivity index is 1.70. The van der Waals surface area contributed by atoms with Gasteiger partial charge in [-0.3, -0.25) is 4.79 Å². The number of halogens is 3. The highest BCUT2D eigenvalue weighted by molar-refractivity contribution is 6.00. The molecule has 32 heavy (non-hydrogen) atoms. The molecule has 0 aliphatic heterocycles. The van der Waals surface area contributed by atoms with Crippen molar-refractivity contribution in [1.82, 2.24) is 9.88 Å². The summed E-state index contributed by atoms with van der Waals surface area (Å²) in [5.74, 6) is 0.519. The van der Waals surface area contributed by atoms with E-state index < -0.39 is 11.7 Å². The molecule has 4 rings (SSSR count). The number of carbonyl (C=O) groups excluding carboxylic acids is 1. The fourth-order valence-corrected chi connectivity index (χ4v) is 4.39. The van der Waals surface area contributed by atoms with E-state index in [-0.39, 0.29) is 18.5 Å². The number of rotatable bonds is 6. The second-order valence-electron chi connectivity index (χ2n) is 8.24. The Kier molecular flexibility index (Phi) is 6.44. The largest absolute Gasteiger partial charge is 0.493 e. The average molecular weight is 444 g/mol. The van der Waals surface area contributed by atoms with Crippen molar-refractivity contribution < 1.29 is 22.7 Å². The molecular formula is C25H27F3N2O2. The lowest BCUT2D eigenvalue weighted by atomic mass is 9.95. The van der Waals surface area contributed by atoms with E-state index in [1.165, 1.54) is 18.6 Å². The van der Waals surface area contributed by atoms with Crippen LogP contribution in [0.1, 0.15) is 60.6 Å². The molecule has 0 unspecified atom stereocenters. The standard InChI is InChI=1S/C25H27F3N2O2/c1-2-32-23-10-6-9-21-20(23)15-22(24(31)29-19-7-4-3-5-8-19)30(21)16-17-11-13-18(14-12-17)25(26,27)28/h6,9-15,19H,2-5,7-8,16H2,1H3,(H,29,31). The van der Waals surface area contributed by atoms with Crippen molar-refractivity contribution in [3.05, 3.63) is 65.4 Å². The number of benzene rings is 2. The molecule has 3 aromatic rings. The maximum absolute atomic E-state index is 13.2. The lowest BCUT2D eigenvalue weighted by molar-refractivity contribution is -0.137. The number of carbonyl (C=O) groups is 1. The van der Waals surface area contributed by atoms with Gasteiger partial charge in [-0.25, -0.2) is 0 Å². The van der Waals surface area contributed by atoms with Crippen molar-refractivity contribution >= 4 is 16.8 Å². The van der Waals surface area contributed by atoms with E-state index in [0.717, 1.165) is 48.7 Å². The van der Waals surface area contributed by atoms with Crippen molar-refractivity contribution in [2.75, 3.05) is 6.61 Å². The maximum Gasteiger partial charge on any atom is 0.416 e. The maximum atomic E-state index is 13.2. The molecule has 1 fully saturated rings. The van der Waals surface area contributed by atoms with Gasteiger partial charge in [-0.1, -0.05) is 37.5 Å². The minimum atomic E-state index is -4.38. The first-order valence-electron chi connectivity index (χ1n) is 11.1. The molecule has 0 atom stereocenters. The Hall–Kier alpha value is -2.96. The lowest BCUT2D eigenvalue weighted by Gasteiger charge is -2.23. The van der Waals surface area contributed by atoms with Crippen LogP contribution in [-0.2, 0) is 12.7 Å². The molecule has 170 valence electrons. The monoisotopic (exact) mass is 444 g/mol. The van der Waals surface area contributed by atoms with Crippen LogP contribution in [0.2, 0.25) is 0 Å². The number of nitrogens with zero attached hydrogens (tertiary/aromatic N) is 1. The van der Waals surface area contributed by atoms with Gasteiger partial charge < -0.3 is 14.6 Å². The van der Waals surface area contributed by atoms with Crippen LogP contribution in [0.3, 0.4) is 0 Å². The smallest absolute Gasteiger partial charge is 0.416 e. The zero-order valence-corrected chi connectivity index (χ0v) is 18.0. The summed E-state index contributed by atoms with van der Waals surface area (Å²) in [6, 6.07) is 12.7. The topological polar surface area (TPSA) is 43.3 Å². The van der Waals surface area contributed by atoms with Crippen LogP contribution >= 0.6 is 0 Å². The minimum Gasteiger partial charge on any atom is -0.493 e. The van der Waals surface area contributed by atoms with Crippen LogP contribution in [0, 0.1) is 0 Å². The Morgan fingerprint density at radius 3 is 2.47 bits per heavy atom. The second kappa shape index (κ2) is 9.27. The summed E-state index contributed by atoms with van der Waals surface area (Å²) in [6.45, 7) is 2.67. The van der Waals surface area contributed by atoms with Gasteiger partial charge in [0.1, 0.15) is 11.4 Å². The fraction of sp³-hybridized carbons (Fsp3) is 0.400. The Bertz CT molecular complexity index is 1080. The van der Waals surface area contributed by atoms with Crippen LogP contribution in [0.25, 0.3) is 10.9 Å². The highest BCUT2D eigenvalue weighted by Crippen LogP contribution is 2.32. The minimum absolute atomic E-state index is 0.153. The molecule has 1 heterocycles. The predicted molar refractivity (Wildman–Crippen MR) is 118 cm³/mol. The van der Waals surface area contributed by atoms with Crippen LogP contribution in [-0.4, -0.2) is 23.1 Å². The summed E-state index contributed by atoms with van der Waals surface area (Å²) in [5, 5.41) is 3.97. The number of alkyl halides is 3. The molecular weight excluding hydrogens is 417 g/mol. The SMILES string of the molecule is CCOc1cccc2c1cc(C(=O)NC1CCCCC1)n2Cc1ccc(C(F)(F)F)cc1. The zero-order valence-electron chi connectivity index (χ0n) is 18.0. The second-order valence-corrected chi connectivity index (χ2v) is 8.24. The van der Waals surface area contributed by atoms with Crippen LogP contribution in [0.4, 0.5) is 13.2 Å². The van der Waals surface area contributed by atoms with E-state index in [0.29, 0.717) is 23.6 Å². The fourth-order valence-electron chi connectivity index (χ4n) is 4.39. The first-order valence-corrected chi connectivity index (χ1v) is 11.1. The number of fused-ring (bicyclic) bond motifs is 1. The first-order chi connectivity index (χ1) is 15.4. The van der Waals surface area contributed by atoms with Gasteiger partial charge >= 0.3 is 6.18 Å². The third-order valence-electron chi connectivity index (χ3n) is 6.00. The molecule has 0 radical (unpaired) electrons. The number of aromatic nitrogens is 1. The van der Waals surface area contributed by atoms with E-state index in [1.54, 1.807) is 0 Å². The van der Waals surface area contributed by atoms with E-state index in [4.69, 9.17) is 4.74 Å². The van der Waals surface area contributed by atoms with Crippen LogP contribution < -0.4 is 10.1 Å². The quantitative estimate of drug-likeness (QED) is 0.494. The molecule has 4 nitrogen and oxygen atoms in total. The summed E-state index contributed by atoms with van der Waals surface area (Å²) in [4.78, 5) is 13.2. The molecule has 0 saturated heterocycles. The van der Waals surface area contributed by atoms with Gasteiger partial charge in [0.05, 0.1) is 17.7 Å². The highest BCUT2D eigenvalue weighted by atomic mass is 19.4. The number of hydrogen-bond acceptors (Lipinski definition) is 2. The van der Waals surface area contributed by atoms with Gasteiger partial charge in [0.25, 0.3) is 5.91 Å². The summed E-state index contributed by atoms with van der Waals surface area (Å²) < 4.78 is 46.4. The lowest BCUT2D eigenvalue weighted by Crippen LogP contribution is -2.37. The molecule has 1 aliphatic rings. The Morgan fingerprint density at radius 2 is 1.81 bits per heavy atom. The highest BCUT2D eigenvalue weighted by Gasteiger charge is 2.30. The molecule has 1 N–H and O–H groups in total. The number of amides is 1. The third kappa shape index (κ3) is 4.76. The van der Waals surface area contributed by atoms with Crippen molar-refractivity contribution in [3.63, 3.8) is 0 Å². The van der Waals surface area contributed by atoms with E-state index >= 15 is 0 Å². The molecule has 0 bridgehead atoms. The van der Waals surface area contributed by atoms with Crippen molar-refractivity contribution in [3.8, 4) is 5.75 Å². The van der Waals surface area contributed by atoms with Crippen LogP contribution in [0.15, 0.2) is 48.5 Å². The molecule has 1 saturated carbocycles. The number of ether oxygens (including phenoxy) is 1. The van der Waals surface area contributed by atoms with Crippen LogP contribution in [0.5, 0.6) is 5.75 Å². The molecule has 1 aliphatic carbocycles. The molecule has 1 aromatic heterocycles. The summed E-state index contributed by atoms with van der Waals surface area (Å²) in [5.41, 5.74) is 1.29. The molecule has 1 amide bonds. The molecule has 2 aromatic carbocycles. The van der Waals surface area contributed by atoms with Gasteiger partial charge in [0, 0.05) is 18.0 Å². The van der Waals surface area contributed by atoms with Crippen molar-refractivity contribution in [1.29, 1.82) is 0 Å². The third-order valence-corrected chi connectivity index (χ3v) is 6.00. The summed E-state index contributed by atoms with van der Waals surface area (Å²) in [6.07, 6.45) is 0.959. The molecule has 0 spiro atoms. The van der Waals surface area contributed by atoms with E-state index in [1.807, 2.05) is 35.8 Å². The average Bonchev–Trinajstić information content (AvgIpc) is 3.14. The van der Waals surface area contributed by atoms with Gasteiger partial charge in [-0.2, -0.15) is 13.2 Å². The Morgan fingerprint density at radius 1 is 1.09 bits per heavy atom. The van der Waals surface area contributed by atoms with Gasteiger partial charge in [0.15, 0.2) is 0 Å². The summed E-state index contributed by atoms with van der Waals surface area (Å²) in [7, 11) is 0. The number of hydrogen-bond donors (Lipinski definition) is 1. The van der Waals surface area contributed by atoms with Gasteiger partial charge in [-0.05, 0) is 55.7 Å². The number of nitrogens with one attached hydrogen (secondary N) is 1. The van der Waals surface area contributed by atoms with E-state index in [2.05, 4.69) is 5.32 Å². The predicted octanol–water partition coefficient (Wildman–Crippen LogP) is 6.17. The Labute approximate surface area is 185 Å². The van der Waals surface area contributed by atoms with Gasteiger partial charge in [0.2, 0.25) is 0 Å². The molecule has 7 heteroatoms. The van der Waals surface area contributed by atoms with Crippen molar-refractivity contribution in [2.45, 2.75) is 57.8 Å². The van der Waals surface area contributed by atoms with Crippen molar-refractivity contribution in [2.24, 2.45) is 0 Å². The van der Waals surface area contributed by atoms with Gasteiger partial charge in [-0.15, -0.1) is 0 Å². The van der Waals surface area contributed by atoms with E-state index in [9.17, 15) is 18.0 Å². The zero-order chi connectivity index (χ0) is 22.7. The first kappa shape index (κ1) is 22.2.